The highest BCUT2D eigenvalue weighted by Crippen LogP contribution is 2.27. The van der Waals surface area contributed by atoms with E-state index in [1.165, 1.54) is 25.3 Å². The molecule has 0 bridgehead atoms. The first-order valence-electron chi connectivity index (χ1n) is 6.97. The lowest BCUT2D eigenvalue weighted by atomic mass is 10.1. The van der Waals surface area contributed by atoms with Crippen molar-refractivity contribution in [3.8, 4) is 5.75 Å². The number of nitrogens with zero attached hydrogens (tertiary/aromatic N) is 1. The van der Waals surface area contributed by atoms with E-state index in [1.807, 2.05) is 0 Å². The molecule has 2 aromatic carbocycles. The van der Waals surface area contributed by atoms with Crippen LogP contribution in [0.15, 0.2) is 36.4 Å². The summed E-state index contributed by atoms with van der Waals surface area (Å²) >= 11 is 11.9. The molecule has 24 heavy (non-hydrogen) atoms. The zero-order valence-electron chi connectivity index (χ0n) is 12.7. The van der Waals surface area contributed by atoms with Gasteiger partial charge >= 0.3 is 5.69 Å². The number of ether oxygens (including phenoxy) is 1. The van der Waals surface area contributed by atoms with Gasteiger partial charge in [-0.25, -0.2) is 0 Å². The summed E-state index contributed by atoms with van der Waals surface area (Å²) in [6.45, 7) is 0.333. The second-order valence-electron chi connectivity index (χ2n) is 4.89. The van der Waals surface area contributed by atoms with Gasteiger partial charge in [-0.3, -0.25) is 14.9 Å². The van der Waals surface area contributed by atoms with Gasteiger partial charge in [0.15, 0.2) is 5.75 Å². The van der Waals surface area contributed by atoms with Crippen molar-refractivity contribution in [2.45, 2.75) is 6.42 Å². The van der Waals surface area contributed by atoms with Gasteiger partial charge in [-0.15, -0.1) is 0 Å². The number of methoxy groups -OCH3 is 1. The maximum absolute atomic E-state index is 12.1. The van der Waals surface area contributed by atoms with Crippen LogP contribution in [0.25, 0.3) is 0 Å². The second-order valence-corrected chi connectivity index (χ2v) is 5.73. The topological polar surface area (TPSA) is 81.5 Å². The van der Waals surface area contributed by atoms with Crippen LogP contribution in [0.5, 0.6) is 5.75 Å². The van der Waals surface area contributed by atoms with Crippen LogP contribution >= 0.6 is 23.2 Å². The lowest BCUT2D eigenvalue weighted by molar-refractivity contribution is -0.385. The van der Waals surface area contributed by atoms with E-state index in [2.05, 4.69) is 5.32 Å². The largest absolute Gasteiger partial charge is 0.490 e. The number of carbonyl (C=O) groups is 1. The summed E-state index contributed by atoms with van der Waals surface area (Å²) < 4.78 is 4.90. The number of nitro benzene ring substituents is 1. The lowest BCUT2D eigenvalue weighted by Gasteiger charge is -2.08. The predicted molar refractivity (Wildman–Crippen MR) is 92.1 cm³/mol. The standard InChI is InChI=1S/C16H14Cl2N2O4/c1-24-15-5-3-11(8-14(15)20(22)23)16(21)19-7-6-10-2-4-12(17)9-13(10)18/h2-5,8-9H,6-7H2,1H3,(H,19,21). The molecule has 0 heterocycles. The highest BCUT2D eigenvalue weighted by molar-refractivity contribution is 6.35. The molecule has 0 aliphatic heterocycles. The zero-order chi connectivity index (χ0) is 17.7. The van der Waals surface area contributed by atoms with Crippen molar-refractivity contribution >= 4 is 34.8 Å². The average Bonchev–Trinajstić information content (AvgIpc) is 2.56. The summed E-state index contributed by atoms with van der Waals surface area (Å²) in [4.78, 5) is 22.5. The molecular weight excluding hydrogens is 355 g/mol. The van der Waals surface area contributed by atoms with Gasteiger partial charge in [-0.05, 0) is 36.2 Å². The first kappa shape index (κ1) is 18.0. The minimum absolute atomic E-state index is 0.101. The molecule has 6 nitrogen and oxygen atoms in total. The van der Waals surface area contributed by atoms with Crippen molar-refractivity contribution < 1.29 is 14.5 Å². The number of halogens is 2. The van der Waals surface area contributed by atoms with Crippen LogP contribution in [0, 0.1) is 10.1 Å². The van der Waals surface area contributed by atoms with Gasteiger partial charge in [0.2, 0.25) is 0 Å². The molecule has 0 unspecified atom stereocenters. The Bertz CT molecular complexity index is 781. The van der Waals surface area contributed by atoms with Gasteiger partial charge in [0.1, 0.15) is 0 Å². The van der Waals surface area contributed by atoms with E-state index in [-0.39, 0.29) is 17.0 Å². The van der Waals surface area contributed by atoms with Crippen LogP contribution in [0.2, 0.25) is 10.0 Å². The van der Waals surface area contributed by atoms with Crippen molar-refractivity contribution in [2.75, 3.05) is 13.7 Å². The average molecular weight is 369 g/mol. The molecule has 8 heteroatoms. The Morgan fingerprint density at radius 1 is 1.25 bits per heavy atom. The Kier molecular flexibility index (Phi) is 6.00. The van der Waals surface area contributed by atoms with E-state index in [0.29, 0.717) is 23.0 Å². The maximum Gasteiger partial charge on any atom is 0.311 e. The molecule has 0 radical (unpaired) electrons. The number of hydrogen-bond acceptors (Lipinski definition) is 4. The molecular formula is C16H14Cl2N2O4. The number of nitro groups is 1. The fourth-order valence-electron chi connectivity index (χ4n) is 2.11. The molecule has 0 aliphatic rings. The van der Waals surface area contributed by atoms with Crippen molar-refractivity contribution in [1.82, 2.24) is 5.32 Å². The number of rotatable bonds is 6. The molecule has 2 rings (SSSR count). The minimum atomic E-state index is -0.594. The summed E-state index contributed by atoms with van der Waals surface area (Å²) in [6, 6.07) is 9.18. The smallest absolute Gasteiger partial charge is 0.311 e. The maximum atomic E-state index is 12.1. The first-order valence-corrected chi connectivity index (χ1v) is 7.72. The lowest BCUT2D eigenvalue weighted by Crippen LogP contribution is -2.25. The van der Waals surface area contributed by atoms with Gasteiger partial charge in [-0.1, -0.05) is 29.3 Å². The highest BCUT2D eigenvalue weighted by atomic mass is 35.5. The molecule has 0 saturated heterocycles. The molecule has 1 amide bonds. The van der Waals surface area contributed by atoms with Crippen LogP contribution in [0.3, 0.4) is 0 Å². The number of hydrogen-bond donors (Lipinski definition) is 1. The van der Waals surface area contributed by atoms with Gasteiger partial charge in [0, 0.05) is 28.2 Å². The van der Waals surface area contributed by atoms with E-state index >= 15 is 0 Å². The molecule has 0 aromatic heterocycles. The van der Waals surface area contributed by atoms with E-state index < -0.39 is 10.8 Å². The molecule has 126 valence electrons. The summed E-state index contributed by atoms with van der Waals surface area (Å²) in [5.41, 5.74) is 0.776. The van der Waals surface area contributed by atoms with Crippen LogP contribution in [-0.4, -0.2) is 24.5 Å². The van der Waals surface area contributed by atoms with Crippen LogP contribution in [0.4, 0.5) is 5.69 Å². The minimum Gasteiger partial charge on any atom is -0.490 e. The fraction of sp³-hybridized carbons (Fsp3) is 0.188. The number of benzene rings is 2. The van der Waals surface area contributed by atoms with Crippen LogP contribution < -0.4 is 10.1 Å². The third-order valence-corrected chi connectivity index (χ3v) is 3.92. The third-order valence-electron chi connectivity index (χ3n) is 3.33. The molecule has 0 aliphatic carbocycles. The molecule has 2 aromatic rings. The van der Waals surface area contributed by atoms with Gasteiger partial charge in [0.25, 0.3) is 5.91 Å². The van der Waals surface area contributed by atoms with E-state index in [4.69, 9.17) is 27.9 Å². The molecule has 1 N–H and O–H groups in total. The van der Waals surface area contributed by atoms with Crippen molar-refractivity contribution in [1.29, 1.82) is 0 Å². The van der Waals surface area contributed by atoms with Crippen LogP contribution in [-0.2, 0) is 6.42 Å². The van der Waals surface area contributed by atoms with E-state index in [9.17, 15) is 14.9 Å². The molecule has 0 spiro atoms. The van der Waals surface area contributed by atoms with Crippen molar-refractivity contribution in [2.24, 2.45) is 0 Å². The first-order chi connectivity index (χ1) is 11.4. The monoisotopic (exact) mass is 368 g/mol. The summed E-state index contributed by atoms with van der Waals surface area (Å²) in [7, 11) is 1.33. The summed E-state index contributed by atoms with van der Waals surface area (Å²) in [6.07, 6.45) is 0.514. The van der Waals surface area contributed by atoms with Crippen molar-refractivity contribution in [3.63, 3.8) is 0 Å². The quantitative estimate of drug-likeness (QED) is 0.619. The molecule has 0 atom stereocenters. The van der Waals surface area contributed by atoms with E-state index in [0.717, 1.165) is 5.56 Å². The van der Waals surface area contributed by atoms with E-state index in [1.54, 1.807) is 18.2 Å². The Morgan fingerprint density at radius 2 is 2.00 bits per heavy atom. The zero-order valence-corrected chi connectivity index (χ0v) is 14.2. The number of carbonyl (C=O) groups excluding carboxylic acids is 1. The van der Waals surface area contributed by atoms with Crippen molar-refractivity contribution in [3.05, 3.63) is 67.7 Å². The number of amides is 1. The Hall–Kier alpha value is -2.31. The second kappa shape index (κ2) is 7.99. The van der Waals surface area contributed by atoms with Gasteiger partial charge in [-0.2, -0.15) is 0 Å². The molecule has 0 fully saturated rings. The third kappa shape index (κ3) is 4.37. The Balaban J connectivity index is 2.02. The van der Waals surface area contributed by atoms with Gasteiger partial charge < -0.3 is 10.1 Å². The highest BCUT2D eigenvalue weighted by Gasteiger charge is 2.18. The SMILES string of the molecule is COc1ccc(C(=O)NCCc2ccc(Cl)cc2Cl)cc1[N+](=O)[O-]. The molecule has 0 saturated carbocycles. The van der Waals surface area contributed by atoms with Crippen LogP contribution in [0.1, 0.15) is 15.9 Å². The number of nitrogens with one attached hydrogen (secondary N) is 1. The predicted octanol–water partition coefficient (Wildman–Crippen LogP) is 3.88. The van der Waals surface area contributed by atoms with Gasteiger partial charge in [0.05, 0.1) is 12.0 Å². The Morgan fingerprint density at radius 3 is 2.62 bits per heavy atom. The Labute approximate surface area is 148 Å². The summed E-state index contributed by atoms with van der Waals surface area (Å²) in [5.74, 6) is -0.310. The fourth-order valence-corrected chi connectivity index (χ4v) is 2.61. The normalized spacial score (nSPS) is 10.3. The summed E-state index contributed by atoms with van der Waals surface area (Å²) in [5, 5.41) is 14.8.